The van der Waals surface area contributed by atoms with E-state index in [1.165, 1.54) is 20.9 Å². The summed E-state index contributed by atoms with van der Waals surface area (Å²) in [7, 11) is 0. The molecule has 0 radical (unpaired) electrons. The average molecular weight is 331 g/mol. The molecule has 0 amide bonds. The summed E-state index contributed by atoms with van der Waals surface area (Å²) in [6, 6.07) is 17.4. The monoisotopic (exact) mass is 330 g/mol. The van der Waals surface area contributed by atoms with Gasteiger partial charge in [0.25, 0.3) is 0 Å². The first-order valence-corrected chi connectivity index (χ1v) is 9.35. The fourth-order valence-electron chi connectivity index (χ4n) is 2.18. The molecule has 0 aliphatic heterocycles. The van der Waals surface area contributed by atoms with Gasteiger partial charge in [-0.1, -0.05) is 84.0 Å². The Morgan fingerprint density at radius 3 is 1.77 bits per heavy atom. The van der Waals surface area contributed by atoms with Gasteiger partial charge in [0.2, 0.25) is 0 Å². The normalized spacial score (nSPS) is 12.5. The number of hydrogen-bond donors (Lipinski definition) is 0. The number of rotatable bonds is 3. The molecule has 0 saturated heterocycles. The highest BCUT2D eigenvalue weighted by atomic mass is 32.2. The lowest BCUT2D eigenvalue weighted by molar-refractivity contribution is 0.795. The van der Waals surface area contributed by atoms with Gasteiger partial charge < -0.3 is 0 Å². The predicted octanol–water partition coefficient (Wildman–Crippen LogP) is 7.13. The zero-order chi connectivity index (χ0) is 16.4. The van der Waals surface area contributed by atoms with E-state index in [1.807, 2.05) is 23.5 Å². The molecule has 22 heavy (non-hydrogen) atoms. The van der Waals surface area contributed by atoms with Gasteiger partial charge in [0.1, 0.15) is 0 Å². The minimum Gasteiger partial charge on any atom is -0.119 e. The highest BCUT2D eigenvalue weighted by Crippen LogP contribution is 2.46. The molecule has 0 spiro atoms. The van der Waals surface area contributed by atoms with Crippen molar-refractivity contribution in [1.82, 2.24) is 0 Å². The van der Waals surface area contributed by atoms with Gasteiger partial charge in [0.15, 0.2) is 0 Å². The average Bonchev–Trinajstić information content (AvgIpc) is 2.38. The molecule has 0 heterocycles. The summed E-state index contributed by atoms with van der Waals surface area (Å²) in [5.41, 5.74) is 2.64. The van der Waals surface area contributed by atoms with Crippen LogP contribution in [0.1, 0.15) is 41.5 Å². The first-order valence-electron chi connectivity index (χ1n) is 7.72. The smallest absolute Gasteiger partial charge is 0.0292 e. The second-order valence-corrected chi connectivity index (χ2v) is 11.1. The summed E-state index contributed by atoms with van der Waals surface area (Å²) in [4.78, 5) is 2.79. The van der Waals surface area contributed by atoms with Crippen LogP contribution >= 0.6 is 23.5 Å². The molecule has 0 aromatic heterocycles. The van der Waals surface area contributed by atoms with Crippen molar-refractivity contribution in [2.24, 2.45) is 0 Å². The summed E-state index contributed by atoms with van der Waals surface area (Å²) >= 11 is 3.92. The van der Waals surface area contributed by atoms with Crippen LogP contribution in [0.15, 0.2) is 58.3 Å². The zero-order valence-corrected chi connectivity index (χ0v) is 16.1. The number of benzene rings is 2. The second-order valence-electron chi connectivity index (χ2n) is 7.43. The molecule has 118 valence electrons. The molecule has 0 aliphatic carbocycles. The highest BCUT2D eigenvalue weighted by Gasteiger charge is 2.22. The maximum atomic E-state index is 2.28. The van der Waals surface area contributed by atoms with Crippen molar-refractivity contribution in [1.29, 1.82) is 0 Å². The van der Waals surface area contributed by atoms with Gasteiger partial charge in [-0.2, -0.15) is 0 Å². The van der Waals surface area contributed by atoms with Crippen molar-refractivity contribution >= 4 is 23.5 Å². The lowest BCUT2D eigenvalue weighted by Gasteiger charge is -2.25. The van der Waals surface area contributed by atoms with Gasteiger partial charge in [-0.25, -0.2) is 0 Å². The molecule has 0 fully saturated rings. The SMILES string of the molecule is CC(C)(C)Sc1cccc(-c2ccccc2)c1SC(C)(C)C. The first-order chi connectivity index (χ1) is 10.2. The van der Waals surface area contributed by atoms with Crippen LogP contribution in [0, 0.1) is 0 Å². The van der Waals surface area contributed by atoms with Crippen LogP contribution in [0.3, 0.4) is 0 Å². The van der Waals surface area contributed by atoms with Crippen LogP contribution in [-0.2, 0) is 0 Å². The second kappa shape index (κ2) is 6.72. The van der Waals surface area contributed by atoms with E-state index in [-0.39, 0.29) is 9.49 Å². The fraction of sp³-hybridized carbons (Fsp3) is 0.400. The summed E-state index contributed by atoms with van der Waals surface area (Å²) < 4.78 is 0.403. The zero-order valence-electron chi connectivity index (χ0n) is 14.4. The van der Waals surface area contributed by atoms with Crippen LogP contribution in [0.5, 0.6) is 0 Å². The molecular weight excluding hydrogens is 304 g/mol. The van der Waals surface area contributed by atoms with E-state index in [4.69, 9.17) is 0 Å². The van der Waals surface area contributed by atoms with Crippen molar-refractivity contribution < 1.29 is 0 Å². The van der Waals surface area contributed by atoms with E-state index in [1.54, 1.807) is 0 Å². The van der Waals surface area contributed by atoms with Crippen LogP contribution in [-0.4, -0.2) is 9.49 Å². The van der Waals surface area contributed by atoms with Crippen LogP contribution in [0.25, 0.3) is 11.1 Å². The van der Waals surface area contributed by atoms with Crippen molar-refractivity contribution in [2.45, 2.75) is 60.8 Å². The van der Waals surface area contributed by atoms with Crippen LogP contribution < -0.4 is 0 Å². The molecule has 2 rings (SSSR count). The summed E-state index contributed by atoms with van der Waals surface area (Å²) in [6.45, 7) is 13.7. The van der Waals surface area contributed by atoms with E-state index in [9.17, 15) is 0 Å². The Labute approximate surface area is 144 Å². The Hall–Kier alpha value is -0.860. The number of hydrogen-bond acceptors (Lipinski definition) is 2. The molecule has 0 N–H and O–H groups in total. The Bertz CT molecular complexity index is 616. The lowest BCUT2D eigenvalue weighted by Crippen LogP contribution is -2.10. The van der Waals surface area contributed by atoms with Gasteiger partial charge in [0.05, 0.1) is 0 Å². The van der Waals surface area contributed by atoms with E-state index in [0.29, 0.717) is 0 Å². The van der Waals surface area contributed by atoms with E-state index < -0.39 is 0 Å². The minimum atomic E-state index is 0.193. The van der Waals surface area contributed by atoms with Crippen LogP contribution in [0.2, 0.25) is 0 Å². The standard InChI is InChI=1S/C20H26S2/c1-19(2,3)21-17-14-10-13-16(15-11-8-7-9-12-15)18(17)22-20(4,5)6/h7-14H,1-6H3. The maximum Gasteiger partial charge on any atom is 0.0292 e. The van der Waals surface area contributed by atoms with Crippen molar-refractivity contribution in [2.75, 3.05) is 0 Å². The third-order valence-electron chi connectivity index (χ3n) is 2.89. The van der Waals surface area contributed by atoms with Crippen molar-refractivity contribution in [3.63, 3.8) is 0 Å². The molecule has 2 aromatic carbocycles. The van der Waals surface area contributed by atoms with Gasteiger partial charge in [0, 0.05) is 19.3 Å². The third-order valence-corrected chi connectivity index (χ3v) is 5.45. The van der Waals surface area contributed by atoms with Gasteiger partial charge in [-0.05, 0) is 17.2 Å². The molecule has 2 aromatic rings. The van der Waals surface area contributed by atoms with E-state index >= 15 is 0 Å². The van der Waals surface area contributed by atoms with Crippen LogP contribution in [0.4, 0.5) is 0 Å². The van der Waals surface area contributed by atoms with E-state index in [0.717, 1.165) is 0 Å². The Morgan fingerprint density at radius 2 is 1.23 bits per heavy atom. The van der Waals surface area contributed by atoms with Crippen molar-refractivity contribution in [3.05, 3.63) is 48.5 Å². The molecule has 2 heteroatoms. The molecule has 0 atom stereocenters. The summed E-state index contributed by atoms with van der Waals surface area (Å²) in [5, 5.41) is 0. The van der Waals surface area contributed by atoms with Gasteiger partial charge in [-0.15, -0.1) is 23.5 Å². The van der Waals surface area contributed by atoms with Crippen molar-refractivity contribution in [3.8, 4) is 11.1 Å². The van der Waals surface area contributed by atoms with Gasteiger partial charge >= 0.3 is 0 Å². The first kappa shape index (κ1) is 17.5. The topological polar surface area (TPSA) is 0 Å². The minimum absolute atomic E-state index is 0.193. The molecule has 0 nitrogen and oxygen atoms in total. The Kier molecular flexibility index (Phi) is 5.34. The highest BCUT2D eigenvalue weighted by molar-refractivity contribution is 8.03. The van der Waals surface area contributed by atoms with Gasteiger partial charge in [-0.3, -0.25) is 0 Å². The molecule has 0 bridgehead atoms. The molecule has 0 aliphatic rings. The quantitative estimate of drug-likeness (QED) is 0.549. The molecule has 0 saturated carbocycles. The lowest BCUT2D eigenvalue weighted by atomic mass is 10.1. The molecule has 0 unspecified atom stereocenters. The summed E-state index contributed by atoms with van der Waals surface area (Å²) in [5.74, 6) is 0. The Morgan fingerprint density at radius 1 is 0.636 bits per heavy atom. The fourth-order valence-corrected chi connectivity index (χ4v) is 4.52. The largest absolute Gasteiger partial charge is 0.119 e. The summed E-state index contributed by atoms with van der Waals surface area (Å²) in [6.07, 6.45) is 0. The number of thioether (sulfide) groups is 2. The third kappa shape index (κ3) is 5.10. The predicted molar refractivity (Wildman–Crippen MR) is 103 cm³/mol. The maximum absolute atomic E-state index is 2.28. The molecular formula is C20H26S2. The Balaban J connectivity index is 2.56. The van der Waals surface area contributed by atoms with E-state index in [2.05, 4.69) is 90.1 Å².